The van der Waals surface area contributed by atoms with E-state index in [1.165, 1.54) is 5.56 Å². The number of carbonyl (C=O) groups is 1. The van der Waals surface area contributed by atoms with Crippen molar-refractivity contribution in [2.24, 2.45) is 5.92 Å². The molecule has 0 bridgehead atoms. The lowest BCUT2D eigenvalue weighted by molar-refractivity contribution is -0.119. The highest BCUT2D eigenvalue weighted by molar-refractivity contribution is 5.89. The zero-order valence-corrected chi connectivity index (χ0v) is 9.99. The third-order valence-electron chi connectivity index (χ3n) is 3.13. The largest absolute Gasteiger partial charge is 0.375 e. The molecular formula is C14H19NO. The number of benzene rings is 1. The van der Waals surface area contributed by atoms with E-state index in [9.17, 15) is 4.79 Å². The first kappa shape index (κ1) is 11.2. The number of hydrogen-bond acceptors (Lipinski definition) is 2. The molecule has 0 spiro atoms. The molecule has 0 radical (unpaired) electrons. The van der Waals surface area contributed by atoms with Crippen molar-refractivity contribution in [1.82, 2.24) is 0 Å². The SMILES string of the molecule is CC(C)CCC(=O)C1Cc2ccccc2N1. The lowest BCUT2D eigenvalue weighted by atomic mass is 10.00. The minimum absolute atomic E-state index is 0.0103. The van der Waals surface area contributed by atoms with E-state index in [4.69, 9.17) is 0 Å². The molecule has 1 N–H and O–H groups in total. The molecule has 0 saturated heterocycles. The van der Waals surface area contributed by atoms with Crippen LogP contribution in [0, 0.1) is 5.92 Å². The summed E-state index contributed by atoms with van der Waals surface area (Å²) in [5.74, 6) is 0.956. The van der Waals surface area contributed by atoms with Crippen molar-refractivity contribution in [2.75, 3.05) is 5.32 Å². The fraction of sp³-hybridized carbons (Fsp3) is 0.500. The molecule has 2 nitrogen and oxygen atoms in total. The lowest BCUT2D eigenvalue weighted by Crippen LogP contribution is -2.27. The van der Waals surface area contributed by atoms with Gasteiger partial charge in [0.05, 0.1) is 6.04 Å². The summed E-state index contributed by atoms with van der Waals surface area (Å²) in [4.78, 5) is 12.0. The van der Waals surface area contributed by atoms with Crippen LogP contribution >= 0.6 is 0 Å². The molecule has 1 heterocycles. The zero-order chi connectivity index (χ0) is 11.5. The maximum absolute atomic E-state index is 12.0. The summed E-state index contributed by atoms with van der Waals surface area (Å²) in [7, 11) is 0. The number of rotatable bonds is 4. The number of ketones is 1. The minimum Gasteiger partial charge on any atom is -0.375 e. The summed E-state index contributed by atoms with van der Waals surface area (Å²) in [6, 6.07) is 8.19. The van der Waals surface area contributed by atoms with Gasteiger partial charge in [-0.1, -0.05) is 32.0 Å². The highest BCUT2D eigenvalue weighted by atomic mass is 16.1. The smallest absolute Gasteiger partial charge is 0.155 e. The van der Waals surface area contributed by atoms with Gasteiger partial charge in [0.2, 0.25) is 0 Å². The molecule has 2 heteroatoms. The zero-order valence-electron chi connectivity index (χ0n) is 9.99. The Morgan fingerprint density at radius 1 is 1.44 bits per heavy atom. The van der Waals surface area contributed by atoms with Crippen LogP contribution in [0.2, 0.25) is 0 Å². The number of para-hydroxylation sites is 1. The first-order valence-electron chi connectivity index (χ1n) is 6.04. The van der Waals surface area contributed by atoms with Crippen molar-refractivity contribution in [2.45, 2.75) is 39.2 Å². The van der Waals surface area contributed by atoms with Crippen LogP contribution in [0.15, 0.2) is 24.3 Å². The molecule has 0 amide bonds. The average molecular weight is 217 g/mol. The molecule has 1 aliphatic heterocycles. The van der Waals surface area contributed by atoms with E-state index in [1.54, 1.807) is 0 Å². The molecule has 0 aromatic heterocycles. The van der Waals surface area contributed by atoms with Gasteiger partial charge >= 0.3 is 0 Å². The van der Waals surface area contributed by atoms with Gasteiger partial charge in [0.25, 0.3) is 0 Å². The van der Waals surface area contributed by atoms with Crippen LogP contribution in [0.5, 0.6) is 0 Å². The second kappa shape index (κ2) is 4.69. The van der Waals surface area contributed by atoms with E-state index in [0.717, 1.165) is 18.5 Å². The molecule has 16 heavy (non-hydrogen) atoms. The topological polar surface area (TPSA) is 29.1 Å². The molecule has 0 fully saturated rings. The Kier molecular flexibility index (Phi) is 3.28. The Morgan fingerprint density at radius 2 is 2.19 bits per heavy atom. The first-order valence-corrected chi connectivity index (χ1v) is 6.04. The third kappa shape index (κ3) is 2.43. The van der Waals surface area contributed by atoms with E-state index in [1.807, 2.05) is 18.2 Å². The Balaban J connectivity index is 1.93. The van der Waals surface area contributed by atoms with Crippen molar-refractivity contribution in [3.63, 3.8) is 0 Å². The second-order valence-corrected chi connectivity index (χ2v) is 4.96. The first-order chi connectivity index (χ1) is 7.66. The highest BCUT2D eigenvalue weighted by Crippen LogP contribution is 2.26. The summed E-state index contributed by atoms with van der Waals surface area (Å²) in [6.07, 6.45) is 2.55. The van der Waals surface area contributed by atoms with Gasteiger partial charge in [-0.3, -0.25) is 4.79 Å². The monoisotopic (exact) mass is 217 g/mol. The predicted molar refractivity (Wildman–Crippen MR) is 66.6 cm³/mol. The van der Waals surface area contributed by atoms with E-state index in [2.05, 4.69) is 25.2 Å². The van der Waals surface area contributed by atoms with E-state index >= 15 is 0 Å². The van der Waals surface area contributed by atoms with Crippen LogP contribution in [0.3, 0.4) is 0 Å². The van der Waals surface area contributed by atoms with Crippen LogP contribution in [0.4, 0.5) is 5.69 Å². The maximum atomic E-state index is 12.0. The fourth-order valence-corrected chi connectivity index (χ4v) is 2.10. The van der Waals surface area contributed by atoms with E-state index in [0.29, 0.717) is 18.1 Å². The number of nitrogens with one attached hydrogen (secondary N) is 1. The van der Waals surface area contributed by atoms with E-state index < -0.39 is 0 Å². The number of anilines is 1. The summed E-state index contributed by atoms with van der Waals surface area (Å²) in [5, 5.41) is 3.31. The Labute approximate surface area is 97.1 Å². The maximum Gasteiger partial charge on any atom is 0.155 e. The molecule has 0 saturated carbocycles. The van der Waals surface area contributed by atoms with Gasteiger partial charge in [0.15, 0.2) is 5.78 Å². The fourth-order valence-electron chi connectivity index (χ4n) is 2.10. The molecule has 1 aromatic rings. The summed E-state index contributed by atoms with van der Waals surface area (Å²) >= 11 is 0. The predicted octanol–water partition coefficient (Wildman–Crippen LogP) is 3.03. The minimum atomic E-state index is 0.0103. The molecule has 86 valence electrons. The molecule has 0 aliphatic carbocycles. The van der Waals surface area contributed by atoms with Crippen molar-refractivity contribution in [1.29, 1.82) is 0 Å². The van der Waals surface area contributed by atoms with Crippen LogP contribution in [-0.2, 0) is 11.2 Å². The van der Waals surface area contributed by atoms with Crippen LogP contribution in [-0.4, -0.2) is 11.8 Å². The van der Waals surface area contributed by atoms with Crippen molar-refractivity contribution < 1.29 is 4.79 Å². The molecule has 1 aromatic carbocycles. The molecule has 1 aliphatic rings. The number of Topliss-reactive ketones (excluding diaryl/α,β-unsaturated/α-hetero) is 1. The lowest BCUT2D eigenvalue weighted by Gasteiger charge is -2.10. The van der Waals surface area contributed by atoms with Crippen LogP contribution in [0.25, 0.3) is 0 Å². The molecular weight excluding hydrogens is 198 g/mol. The van der Waals surface area contributed by atoms with Crippen molar-refractivity contribution in [3.8, 4) is 0 Å². The number of carbonyl (C=O) groups excluding carboxylic acids is 1. The van der Waals surface area contributed by atoms with Crippen LogP contribution < -0.4 is 5.32 Å². The van der Waals surface area contributed by atoms with Gasteiger partial charge in [-0.05, 0) is 24.0 Å². The van der Waals surface area contributed by atoms with Gasteiger partial charge in [0.1, 0.15) is 0 Å². The van der Waals surface area contributed by atoms with Gasteiger partial charge in [0, 0.05) is 18.5 Å². The Bertz CT molecular complexity index is 359. The van der Waals surface area contributed by atoms with Crippen molar-refractivity contribution in [3.05, 3.63) is 29.8 Å². The Morgan fingerprint density at radius 3 is 2.88 bits per heavy atom. The number of fused-ring (bicyclic) bond motifs is 1. The van der Waals surface area contributed by atoms with E-state index in [-0.39, 0.29) is 6.04 Å². The molecule has 1 unspecified atom stereocenters. The summed E-state index contributed by atoms with van der Waals surface area (Å²) in [5.41, 5.74) is 2.40. The number of hydrogen-bond donors (Lipinski definition) is 1. The Hall–Kier alpha value is -1.31. The van der Waals surface area contributed by atoms with Crippen LogP contribution in [0.1, 0.15) is 32.3 Å². The highest BCUT2D eigenvalue weighted by Gasteiger charge is 2.25. The standard InChI is InChI=1S/C14H19NO/c1-10(2)7-8-14(16)13-9-11-5-3-4-6-12(11)15-13/h3-6,10,13,15H,7-9H2,1-2H3. The van der Waals surface area contributed by atoms with Crippen molar-refractivity contribution >= 4 is 11.5 Å². The molecule has 2 rings (SSSR count). The summed E-state index contributed by atoms with van der Waals surface area (Å²) in [6.45, 7) is 4.31. The van der Waals surface area contributed by atoms with Gasteiger partial charge in [-0.15, -0.1) is 0 Å². The average Bonchev–Trinajstić information content (AvgIpc) is 2.69. The van der Waals surface area contributed by atoms with Gasteiger partial charge in [-0.25, -0.2) is 0 Å². The second-order valence-electron chi connectivity index (χ2n) is 4.96. The van der Waals surface area contributed by atoms with Gasteiger partial charge in [-0.2, -0.15) is 0 Å². The normalized spacial score (nSPS) is 18.3. The third-order valence-corrected chi connectivity index (χ3v) is 3.13. The van der Waals surface area contributed by atoms with Gasteiger partial charge < -0.3 is 5.32 Å². The molecule has 1 atom stereocenters. The summed E-state index contributed by atoms with van der Waals surface area (Å²) < 4.78 is 0. The quantitative estimate of drug-likeness (QED) is 0.840.